The Labute approximate surface area is 91.7 Å². The van der Waals surface area contributed by atoms with E-state index in [0.717, 1.165) is 12.8 Å². The zero-order chi connectivity index (χ0) is 11.1. The van der Waals surface area contributed by atoms with Gasteiger partial charge in [-0.3, -0.25) is 0 Å². The molecule has 0 N–H and O–H groups in total. The zero-order valence-corrected chi connectivity index (χ0v) is 9.67. The lowest BCUT2D eigenvalue weighted by Crippen LogP contribution is -2.34. The largest absolute Gasteiger partial charge is 0.197 e. The number of hydrogen-bond donors (Lipinski definition) is 0. The fourth-order valence-electron chi connectivity index (χ4n) is 2.50. The maximum atomic E-state index is 9.32. The first-order valence-corrected chi connectivity index (χ1v) is 5.51. The smallest absolute Gasteiger partial charge is 0.0797 e. The fourth-order valence-corrected chi connectivity index (χ4v) is 2.50. The topological polar surface area (TPSA) is 23.8 Å². The van der Waals surface area contributed by atoms with E-state index in [2.05, 4.69) is 45.0 Å². The summed E-state index contributed by atoms with van der Waals surface area (Å²) in [5.41, 5.74) is 2.50. The van der Waals surface area contributed by atoms with Gasteiger partial charge in [-0.1, -0.05) is 38.1 Å². The van der Waals surface area contributed by atoms with Crippen molar-refractivity contribution in [2.45, 2.75) is 44.4 Å². The van der Waals surface area contributed by atoms with Crippen LogP contribution in [-0.2, 0) is 10.8 Å². The summed E-state index contributed by atoms with van der Waals surface area (Å²) in [7, 11) is 0. The van der Waals surface area contributed by atoms with Gasteiger partial charge in [-0.2, -0.15) is 5.26 Å². The molecular weight excluding hydrogens is 182 g/mol. The van der Waals surface area contributed by atoms with E-state index >= 15 is 0 Å². The van der Waals surface area contributed by atoms with Gasteiger partial charge in [-0.15, -0.1) is 0 Å². The van der Waals surface area contributed by atoms with Gasteiger partial charge in [0, 0.05) is 0 Å². The van der Waals surface area contributed by atoms with Gasteiger partial charge in [0.1, 0.15) is 0 Å². The number of benzene rings is 1. The number of hydrogen-bond acceptors (Lipinski definition) is 1. The van der Waals surface area contributed by atoms with Crippen LogP contribution in [0.5, 0.6) is 0 Å². The zero-order valence-electron chi connectivity index (χ0n) is 9.67. The van der Waals surface area contributed by atoms with Crippen LogP contribution in [0.3, 0.4) is 0 Å². The Hall–Kier alpha value is -1.29. The monoisotopic (exact) mass is 199 g/mol. The highest BCUT2D eigenvalue weighted by molar-refractivity contribution is 5.44. The maximum Gasteiger partial charge on any atom is 0.0797 e. The molecule has 15 heavy (non-hydrogen) atoms. The molecule has 0 saturated heterocycles. The van der Waals surface area contributed by atoms with E-state index in [9.17, 15) is 5.26 Å². The molecule has 1 aliphatic carbocycles. The van der Waals surface area contributed by atoms with E-state index in [1.54, 1.807) is 0 Å². The second-order valence-electron chi connectivity index (χ2n) is 5.37. The quantitative estimate of drug-likeness (QED) is 0.627. The van der Waals surface area contributed by atoms with Gasteiger partial charge in [0.25, 0.3) is 0 Å². The van der Waals surface area contributed by atoms with E-state index < -0.39 is 0 Å². The van der Waals surface area contributed by atoms with Crippen molar-refractivity contribution in [3.63, 3.8) is 0 Å². The summed E-state index contributed by atoms with van der Waals surface area (Å²) in [6, 6.07) is 10.9. The van der Waals surface area contributed by atoms with Crippen molar-refractivity contribution < 1.29 is 0 Å². The van der Waals surface area contributed by atoms with Crippen LogP contribution in [0.4, 0.5) is 0 Å². The van der Waals surface area contributed by atoms with E-state index in [1.165, 1.54) is 11.1 Å². The van der Waals surface area contributed by atoms with Gasteiger partial charge >= 0.3 is 0 Å². The Bertz CT molecular complexity index is 425. The summed E-state index contributed by atoms with van der Waals surface area (Å²) in [5.74, 6) is 0. The number of fused-ring (bicyclic) bond motifs is 1. The van der Waals surface area contributed by atoms with Gasteiger partial charge in [-0.25, -0.2) is 0 Å². The molecular formula is C14H17N. The average Bonchev–Trinajstić information content (AvgIpc) is 2.25. The first-order valence-electron chi connectivity index (χ1n) is 5.51. The molecule has 1 unspecified atom stereocenters. The standard InChI is InChI=1S/C14H17N/c1-13(2)8-9-14(3,10-15)12-7-5-4-6-11(12)13/h4-7H,8-9H2,1-3H3. The Kier molecular flexibility index (Phi) is 2.12. The van der Waals surface area contributed by atoms with Crippen LogP contribution in [0.25, 0.3) is 0 Å². The lowest BCUT2D eigenvalue weighted by molar-refractivity contribution is 0.362. The molecule has 1 heteroatoms. The normalized spacial score (nSPS) is 27.9. The van der Waals surface area contributed by atoms with Crippen LogP contribution in [0, 0.1) is 11.3 Å². The first kappa shape index (κ1) is 10.2. The summed E-state index contributed by atoms with van der Waals surface area (Å²) in [6.07, 6.45) is 2.06. The number of rotatable bonds is 0. The van der Waals surface area contributed by atoms with Crippen LogP contribution < -0.4 is 0 Å². The van der Waals surface area contributed by atoms with Crippen molar-refractivity contribution in [1.82, 2.24) is 0 Å². The minimum absolute atomic E-state index is 0.215. The lowest BCUT2D eigenvalue weighted by Gasteiger charge is -2.39. The summed E-state index contributed by atoms with van der Waals surface area (Å²) in [4.78, 5) is 0. The highest BCUT2D eigenvalue weighted by Gasteiger charge is 2.39. The van der Waals surface area contributed by atoms with Crippen molar-refractivity contribution >= 4 is 0 Å². The van der Waals surface area contributed by atoms with Crippen molar-refractivity contribution in [3.8, 4) is 6.07 Å². The molecule has 1 aromatic rings. The third-order valence-corrected chi connectivity index (χ3v) is 3.75. The van der Waals surface area contributed by atoms with E-state index in [1.807, 2.05) is 6.07 Å². The van der Waals surface area contributed by atoms with Gasteiger partial charge in [0.2, 0.25) is 0 Å². The minimum Gasteiger partial charge on any atom is -0.197 e. The van der Waals surface area contributed by atoms with Gasteiger partial charge in [-0.05, 0) is 36.3 Å². The fraction of sp³-hybridized carbons (Fsp3) is 0.500. The average molecular weight is 199 g/mol. The maximum absolute atomic E-state index is 9.32. The SMILES string of the molecule is CC1(C)CCC(C)(C#N)c2ccccc21. The highest BCUT2D eigenvalue weighted by Crippen LogP contribution is 2.45. The molecule has 0 amide bonds. The molecule has 2 rings (SSSR count). The molecule has 0 radical (unpaired) electrons. The molecule has 0 aromatic heterocycles. The van der Waals surface area contributed by atoms with Crippen LogP contribution in [0.15, 0.2) is 24.3 Å². The molecule has 0 spiro atoms. The van der Waals surface area contributed by atoms with Crippen LogP contribution in [0.1, 0.15) is 44.7 Å². The van der Waals surface area contributed by atoms with Gasteiger partial charge < -0.3 is 0 Å². The summed E-state index contributed by atoms with van der Waals surface area (Å²) < 4.78 is 0. The Morgan fingerprint density at radius 1 is 1.07 bits per heavy atom. The van der Waals surface area contributed by atoms with Crippen molar-refractivity contribution in [3.05, 3.63) is 35.4 Å². The summed E-state index contributed by atoms with van der Waals surface area (Å²) >= 11 is 0. The van der Waals surface area contributed by atoms with E-state index in [-0.39, 0.29) is 10.8 Å². The summed E-state index contributed by atoms with van der Waals surface area (Å²) in [6.45, 7) is 6.59. The first-order chi connectivity index (χ1) is 6.99. The van der Waals surface area contributed by atoms with Crippen LogP contribution >= 0.6 is 0 Å². The summed E-state index contributed by atoms with van der Waals surface area (Å²) in [5, 5.41) is 9.32. The second kappa shape index (κ2) is 3.10. The van der Waals surface area contributed by atoms with Crippen molar-refractivity contribution in [2.75, 3.05) is 0 Å². The van der Waals surface area contributed by atoms with Gasteiger partial charge in [0.05, 0.1) is 11.5 Å². The Morgan fingerprint density at radius 3 is 2.27 bits per heavy atom. The molecule has 1 aromatic carbocycles. The van der Waals surface area contributed by atoms with E-state index in [4.69, 9.17) is 0 Å². The number of nitrogens with zero attached hydrogens (tertiary/aromatic N) is 1. The Balaban J connectivity index is 2.65. The molecule has 1 nitrogen and oxygen atoms in total. The van der Waals surface area contributed by atoms with Crippen molar-refractivity contribution in [1.29, 1.82) is 5.26 Å². The van der Waals surface area contributed by atoms with Crippen LogP contribution in [-0.4, -0.2) is 0 Å². The third-order valence-electron chi connectivity index (χ3n) is 3.75. The van der Waals surface area contributed by atoms with Crippen LogP contribution in [0.2, 0.25) is 0 Å². The Morgan fingerprint density at radius 2 is 1.67 bits per heavy atom. The number of nitriles is 1. The molecule has 1 atom stereocenters. The highest BCUT2D eigenvalue weighted by atomic mass is 14.4. The van der Waals surface area contributed by atoms with Crippen molar-refractivity contribution in [2.24, 2.45) is 0 Å². The predicted molar refractivity (Wildman–Crippen MR) is 61.7 cm³/mol. The molecule has 78 valence electrons. The van der Waals surface area contributed by atoms with Gasteiger partial charge in [0.15, 0.2) is 0 Å². The molecule has 0 fully saturated rings. The predicted octanol–water partition coefficient (Wildman–Crippen LogP) is 3.54. The molecule has 1 aliphatic rings. The molecule has 0 saturated carbocycles. The lowest BCUT2D eigenvalue weighted by atomic mass is 9.63. The van der Waals surface area contributed by atoms with E-state index in [0.29, 0.717) is 0 Å². The minimum atomic E-state index is -0.286. The molecule has 0 aliphatic heterocycles. The second-order valence-corrected chi connectivity index (χ2v) is 5.37. The molecule has 0 heterocycles. The molecule has 0 bridgehead atoms. The third kappa shape index (κ3) is 1.45.